The van der Waals surface area contributed by atoms with E-state index in [0.29, 0.717) is 30.1 Å². The van der Waals surface area contributed by atoms with Gasteiger partial charge in [0, 0.05) is 23.5 Å². The molecule has 1 saturated heterocycles. The van der Waals surface area contributed by atoms with Crippen molar-refractivity contribution in [1.29, 1.82) is 5.41 Å². The first-order chi connectivity index (χ1) is 12.6. The average molecular weight is 351 g/mol. The summed E-state index contributed by atoms with van der Waals surface area (Å²) in [5, 5.41) is 8.03. The van der Waals surface area contributed by atoms with E-state index < -0.39 is 0 Å². The van der Waals surface area contributed by atoms with Crippen LogP contribution >= 0.6 is 0 Å². The standard InChI is InChI=1S/C23H29NO2/c1-2-22-9-7-16-15-6-4-14(24)11-13(15)3-5-17(16)21(22)18-12-19(18)23(22)10-8-20(25)26-23/h3,5,11,15-19,21,24H,2,4,6-10,12H2,1H3/t15-,16?,17?,18?,19?,21?,22-,23-/m0/s1. The zero-order chi connectivity index (χ0) is 17.7. The SMILES string of the molecule is CC[C@]12CCC3C(C=CC4=CC(=N)CC[C@@H]43)C1C1CC1[C@@]21CCC(=O)O1. The van der Waals surface area contributed by atoms with Crippen LogP contribution in [0, 0.1) is 46.3 Å². The minimum atomic E-state index is -0.127. The van der Waals surface area contributed by atoms with Gasteiger partial charge >= 0.3 is 5.97 Å². The Morgan fingerprint density at radius 2 is 2.12 bits per heavy atom. The van der Waals surface area contributed by atoms with E-state index in [1.807, 2.05) is 0 Å². The van der Waals surface area contributed by atoms with Gasteiger partial charge in [-0.25, -0.2) is 0 Å². The van der Waals surface area contributed by atoms with E-state index in [4.69, 9.17) is 10.1 Å². The number of esters is 1. The van der Waals surface area contributed by atoms with Crippen LogP contribution in [0.1, 0.15) is 58.3 Å². The number of carbonyl (C=O) groups is 1. The number of ether oxygens (including phenoxy) is 1. The van der Waals surface area contributed by atoms with E-state index in [2.05, 4.69) is 25.2 Å². The number of fused-ring (bicyclic) bond motifs is 9. The second-order valence-corrected chi connectivity index (χ2v) is 9.86. The molecule has 3 heteroatoms. The zero-order valence-corrected chi connectivity index (χ0v) is 15.7. The minimum Gasteiger partial charge on any atom is -0.458 e. The Kier molecular flexibility index (Phi) is 2.96. The van der Waals surface area contributed by atoms with Gasteiger partial charge in [-0.05, 0) is 86.2 Å². The lowest BCUT2D eigenvalue weighted by Gasteiger charge is -2.57. The maximum atomic E-state index is 12.1. The van der Waals surface area contributed by atoms with Crippen molar-refractivity contribution in [2.45, 2.75) is 63.9 Å². The van der Waals surface area contributed by atoms with Crippen molar-refractivity contribution in [1.82, 2.24) is 0 Å². The summed E-state index contributed by atoms with van der Waals surface area (Å²) in [5.41, 5.74) is 2.32. The van der Waals surface area contributed by atoms with E-state index in [9.17, 15) is 4.79 Å². The van der Waals surface area contributed by atoms with Crippen molar-refractivity contribution in [3.8, 4) is 0 Å². The van der Waals surface area contributed by atoms with Crippen LogP contribution in [0.3, 0.4) is 0 Å². The highest BCUT2D eigenvalue weighted by atomic mass is 16.6. The molecule has 1 spiro atoms. The third-order valence-corrected chi connectivity index (χ3v) is 9.36. The largest absolute Gasteiger partial charge is 0.458 e. The van der Waals surface area contributed by atoms with E-state index in [-0.39, 0.29) is 17.0 Å². The van der Waals surface area contributed by atoms with Gasteiger partial charge in [0.1, 0.15) is 5.60 Å². The lowest BCUT2D eigenvalue weighted by Crippen LogP contribution is -2.55. The molecule has 6 aliphatic rings. The molecule has 1 N–H and O–H groups in total. The molecule has 26 heavy (non-hydrogen) atoms. The molecule has 138 valence electrons. The molecule has 5 aliphatic carbocycles. The Balaban J connectivity index is 1.43. The molecule has 1 heterocycles. The van der Waals surface area contributed by atoms with E-state index in [1.165, 1.54) is 24.8 Å². The molecule has 3 nitrogen and oxygen atoms in total. The predicted molar refractivity (Wildman–Crippen MR) is 99.8 cm³/mol. The van der Waals surface area contributed by atoms with E-state index in [1.54, 1.807) is 0 Å². The second-order valence-electron chi connectivity index (χ2n) is 9.86. The summed E-state index contributed by atoms with van der Waals surface area (Å²) < 4.78 is 6.23. The number of hydrogen-bond donors (Lipinski definition) is 1. The molecule has 0 radical (unpaired) electrons. The van der Waals surface area contributed by atoms with Crippen molar-refractivity contribution in [2.24, 2.45) is 40.9 Å². The maximum absolute atomic E-state index is 12.1. The smallest absolute Gasteiger partial charge is 0.306 e. The van der Waals surface area contributed by atoms with Gasteiger partial charge in [-0.3, -0.25) is 4.79 Å². The first-order valence-corrected chi connectivity index (χ1v) is 10.8. The molecule has 5 unspecified atom stereocenters. The van der Waals surface area contributed by atoms with Crippen molar-refractivity contribution < 1.29 is 9.53 Å². The Morgan fingerprint density at radius 1 is 1.23 bits per heavy atom. The molecule has 0 amide bonds. The quantitative estimate of drug-likeness (QED) is 0.698. The summed E-state index contributed by atoms with van der Waals surface area (Å²) in [6.45, 7) is 2.35. The van der Waals surface area contributed by atoms with Crippen LogP contribution in [0.2, 0.25) is 0 Å². The minimum absolute atomic E-state index is 0.0569. The molecular formula is C23H29NO2. The molecule has 0 aromatic heterocycles. The fourth-order valence-electron chi connectivity index (χ4n) is 8.49. The van der Waals surface area contributed by atoms with Gasteiger partial charge in [0.05, 0.1) is 0 Å². The van der Waals surface area contributed by atoms with Gasteiger partial charge in [0.15, 0.2) is 0 Å². The Bertz CT molecular complexity index is 766. The maximum Gasteiger partial charge on any atom is 0.306 e. The van der Waals surface area contributed by atoms with Gasteiger partial charge in [0.2, 0.25) is 0 Å². The third kappa shape index (κ3) is 1.67. The number of carbonyl (C=O) groups excluding carboxylic acids is 1. The predicted octanol–water partition coefficient (Wildman–Crippen LogP) is 4.68. The number of allylic oxidation sites excluding steroid dienone is 4. The highest BCUT2D eigenvalue weighted by Gasteiger charge is 2.79. The summed E-state index contributed by atoms with van der Waals surface area (Å²) >= 11 is 0. The van der Waals surface area contributed by atoms with Crippen molar-refractivity contribution in [3.63, 3.8) is 0 Å². The van der Waals surface area contributed by atoms with Crippen LogP contribution in [-0.4, -0.2) is 17.3 Å². The molecule has 0 aromatic rings. The van der Waals surface area contributed by atoms with Crippen molar-refractivity contribution >= 4 is 11.7 Å². The van der Waals surface area contributed by atoms with Crippen LogP contribution in [-0.2, 0) is 9.53 Å². The topological polar surface area (TPSA) is 50.2 Å². The molecular weight excluding hydrogens is 322 g/mol. The van der Waals surface area contributed by atoms with E-state index >= 15 is 0 Å². The van der Waals surface area contributed by atoms with Gasteiger partial charge in [-0.1, -0.05) is 19.1 Å². The molecule has 6 rings (SSSR count). The van der Waals surface area contributed by atoms with Gasteiger partial charge in [-0.15, -0.1) is 0 Å². The molecule has 0 aromatic carbocycles. The molecule has 0 bridgehead atoms. The van der Waals surface area contributed by atoms with Crippen LogP contribution < -0.4 is 0 Å². The van der Waals surface area contributed by atoms with Gasteiger partial charge < -0.3 is 10.1 Å². The van der Waals surface area contributed by atoms with Gasteiger partial charge in [-0.2, -0.15) is 0 Å². The fraction of sp³-hybridized carbons (Fsp3) is 0.739. The Morgan fingerprint density at radius 3 is 2.88 bits per heavy atom. The summed E-state index contributed by atoms with van der Waals surface area (Å²) in [6, 6.07) is 0. The molecule has 8 atom stereocenters. The number of rotatable bonds is 1. The zero-order valence-electron chi connectivity index (χ0n) is 15.7. The average Bonchev–Trinajstić information content (AvgIpc) is 3.29. The lowest BCUT2D eigenvalue weighted by atomic mass is 9.49. The highest BCUT2D eigenvalue weighted by molar-refractivity contribution is 5.94. The Labute approximate surface area is 155 Å². The Hall–Kier alpha value is -1.38. The first kappa shape index (κ1) is 15.7. The van der Waals surface area contributed by atoms with Crippen molar-refractivity contribution in [3.05, 3.63) is 23.8 Å². The fourth-order valence-corrected chi connectivity index (χ4v) is 8.49. The summed E-state index contributed by atoms with van der Waals surface area (Å²) in [6.07, 6.45) is 15.7. The molecule has 4 fully saturated rings. The number of nitrogens with one attached hydrogen (secondary N) is 1. The highest BCUT2D eigenvalue weighted by Crippen LogP contribution is 2.79. The lowest BCUT2D eigenvalue weighted by molar-refractivity contribution is -0.175. The summed E-state index contributed by atoms with van der Waals surface area (Å²) in [4.78, 5) is 12.1. The second kappa shape index (κ2) is 4.91. The van der Waals surface area contributed by atoms with E-state index in [0.717, 1.165) is 43.2 Å². The van der Waals surface area contributed by atoms with Crippen LogP contribution in [0.4, 0.5) is 0 Å². The first-order valence-electron chi connectivity index (χ1n) is 10.8. The van der Waals surface area contributed by atoms with Crippen molar-refractivity contribution in [2.75, 3.05) is 0 Å². The normalized spacial score (nSPS) is 53.5. The summed E-state index contributed by atoms with van der Waals surface area (Å²) in [7, 11) is 0. The summed E-state index contributed by atoms with van der Waals surface area (Å²) in [5.74, 6) is 4.26. The number of hydrogen-bond acceptors (Lipinski definition) is 3. The third-order valence-electron chi connectivity index (χ3n) is 9.36. The molecule has 3 saturated carbocycles. The monoisotopic (exact) mass is 351 g/mol. The van der Waals surface area contributed by atoms with Gasteiger partial charge in [0.25, 0.3) is 0 Å². The molecule has 1 aliphatic heterocycles. The van der Waals surface area contributed by atoms with Crippen LogP contribution in [0.15, 0.2) is 23.8 Å². The van der Waals surface area contributed by atoms with Crippen LogP contribution in [0.25, 0.3) is 0 Å². The van der Waals surface area contributed by atoms with Crippen LogP contribution in [0.5, 0.6) is 0 Å².